The number of aromatic nitrogens is 4. The minimum Gasteiger partial charge on any atom is -0.481 e. The lowest BCUT2D eigenvalue weighted by atomic mass is 9.92. The lowest BCUT2D eigenvalue weighted by Crippen LogP contribution is -2.18. The van der Waals surface area contributed by atoms with Gasteiger partial charge in [0.1, 0.15) is 0 Å². The molecule has 0 aliphatic heterocycles. The van der Waals surface area contributed by atoms with Crippen LogP contribution in [-0.2, 0) is 57.3 Å². The van der Waals surface area contributed by atoms with Crippen molar-refractivity contribution in [2.45, 2.75) is 153 Å². The van der Waals surface area contributed by atoms with Gasteiger partial charge in [-0.05, 0) is 106 Å². The fourth-order valence-corrected chi connectivity index (χ4v) is 7.60. The Hall–Kier alpha value is -0.840. The molecule has 0 radical (unpaired) electrons. The molecule has 2 heterocycles. The summed E-state index contributed by atoms with van der Waals surface area (Å²) in [6.45, 7) is 0. The SMILES string of the molecule is ClCCl.O=C(Cl)CCc1nn(C2CCCCC2)c2c1CCCC2.O=C(O)CCc1nn(C2CCCCC2)c2c1CCCC2.O=S(Cl)Cl. The zero-order chi connectivity index (χ0) is 34.2. The van der Waals surface area contributed by atoms with Gasteiger partial charge in [-0.3, -0.25) is 19.0 Å². The molecule has 0 saturated heterocycles. The number of hydrogen-bond acceptors (Lipinski definition) is 5. The molecule has 1 N–H and O–H groups in total. The second-order valence-corrected chi connectivity index (χ2v) is 16.4. The van der Waals surface area contributed by atoms with Crippen LogP contribution >= 0.6 is 56.2 Å². The summed E-state index contributed by atoms with van der Waals surface area (Å²) < 4.78 is 13.7. The summed E-state index contributed by atoms with van der Waals surface area (Å²) in [5.74, 6) is -0.721. The van der Waals surface area contributed by atoms with E-state index in [1.807, 2.05) is 0 Å². The third-order valence-corrected chi connectivity index (χ3v) is 9.75. The number of carboxylic acids is 1. The first-order chi connectivity index (χ1) is 22.7. The van der Waals surface area contributed by atoms with Crippen molar-refractivity contribution in [1.82, 2.24) is 19.6 Å². The number of rotatable bonds is 8. The van der Waals surface area contributed by atoms with E-state index in [0.717, 1.165) is 37.1 Å². The van der Waals surface area contributed by atoms with E-state index in [9.17, 15) is 9.59 Å². The molecular formula is C33H49Cl5N4O4S. The molecule has 2 fully saturated rings. The summed E-state index contributed by atoms with van der Waals surface area (Å²) in [5.41, 5.74) is 7.89. The summed E-state index contributed by atoms with van der Waals surface area (Å²) in [4.78, 5) is 21.8. The maximum atomic E-state index is 11.0. The highest BCUT2D eigenvalue weighted by atomic mass is 36.0. The van der Waals surface area contributed by atoms with Crippen molar-refractivity contribution in [2.75, 3.05) is 5.34 Å². The normalized spacial score (nSPS) is 18.0. The zero-order valence-corrected chi connectivity index (χ0v) is 31.8. The van der Waals surface area contributed by atoms with Crippen molar-refractivity contribution < 1.29 is 18.9 Å². The van der Waals surface area contributed by atoms with Crippen molar-refractivity contribution in [3.8, 4) is 0 Å². The molecule has 0 amide bonds. The molecular weight excluding hydrogens is 726 g/mol. The highest BCUT2D eigenvalue weighted by Crippen LogP contribution is 2.35. The number of aliphatic carboxylic acids is 1. The van der Waals surface area contributed by atoms with E-state index in [4.69, 9.17) is 54.3 Å². The maximum Gasteiger partial charge on any atom is 0.303 e. The summed E-state index contributed by atoms with van der Waals surface area (Å²) in [6.07, 6.45) is 24.5. The number of aryl methyl sites for hydroxylation is 2. The van der Waals surface area contributed by atoms with Crippen LogP contribution in [0, 0.1) is 0 Å². The van der Waals surface area contributed by atoms with E-state index < -0.39 is 15.2 Å². The van der Waals surface area contributed by atoms with Crippen LogP contribution in [0.4, 0.5) is 0 Å². The second-order valence-electron chi connectivity index (χ2n) is 12.7. The van der Waals surface area contributed by atoms with Crippen molar-refractivity contribution in [3.63, 3.8) is 0 Å². The van der Waals surface area contributed by atoms with Crippen LogP contribution in [0.2, 0.25) is 0 Å². The molecule has 0 unspecified atom stereocenters. The van der Waals surface area contributed by atoms with E-state index >= 15 is 0 Å². The number of hydrogen-bond donors (Lipinski definition) is 1. The van der Waals surface area contributed by atoms with Crippen molar-refractivity contribution in [3.05, 3.63) is 33.9 Å². The molecule has 14 heteroatoms. The van der Waals surface area contributed by atoms with Crippen LogP contribution in [0.3, 0.4) is 0 Å². The van der Waals surface area contributed by atoms with Crippen LogP contribution in [0.1, 0.15) is 149 Å². The van der Waals surface area contributed by atoms with E-state index in [2.05, 4.69) is 30.7 Å². The monoisotopic (exact) mass is 772 g/mol. The summed E-state index contributed by atoms with van der Waals surface area (Å²) in [6, 6.07) is 1.16. The molecule has 47 heavy (non-hydrogen) atoms. The van der Waals surface area contributed by atoms with Gasteiger partial charge < -0.3 is 5.11 Å². The van der Waals surface area contributed by atoms with E-state index in [1.165, 1.54) is 112 Å². The minimum atomic E-state index is -1.67. The first-order valence-electron chi connectivity index (χ1n) is 17.1. The van der Waals surface area contributed by atoms with E-state index in [0.29, 0.717) is 31.3 Å². The van der Waals surface area contributed by atoms with Gasteiger partial charge in [-0.2, -0.15) is 10.2 Å². The highest BCUT2D eigenvalue weighted by molar-refractivity contribution is 8.26. The quantitative estimate of drug-likeness (QED) is 0.212. The Morgan fingerprint density at radius 2 is 1.04 bits per heavy atom. The molecule has 0 spiro atoms. The van der Waals surface area contributed by atoms with Crippen molar-refractivity contribution in [2.24, 2.45) is 0 Å². The summed E-state index contributed by atoms with van der Waals surface area (Å²) >= 11 is 15.0. The number of nitrogens with zero attached hydrogens (tertiary/aromatic N) is 4. The van der Waals surface area contributed by atoms with Gasteiger partial charge in [-0.15, -0.1) is 23.2 Å². The number of alkyl halides is 2. The lowest BCUT2D eigenvalue weighted by molar-refractivity contribution is -0.137. The fourth-order valence-electron chi connectivity index (χ4n) is 7.51. The lowest BCUT2D eigenvalue weighted by Gasteiger charge is -2.25. The molecule has 0 bridgehead atoms. The number of fused-ring (bicyclic) bond motifs is 2. The molecule has 2 aromatic rings. The third kappa shape index (κ3) is 13.4. The Kier molecular flexibility index (Phi) is 19.1. The number of carbonyl (C=O) groups is 2. The molecule has 4 aliphatic rings. The largest absolute Gasteiger partial charge is 0.481 e. The number of carbonyl (C=O) groups excluding carboxylic acids is 1. The van der Waals surface area contributed by atoms with Gasteiger partial charge in [0, 0.05) is 45.6 Å². The number of carboxylic acid groups (broad SMARTS) is 1. The molecule has 0 atom stereocenters. The Bertz CT molecular complexity index is 1200. The third-order valence-electron chi connectivity index (χ3n) is 9.56. The van der Waals surface area contributed by atoms with Gasteiger partial charge in [0.05, 0.1) is 35.2 Å². The molecule has 2 aromatic heterocycles. The highest BCUT2D eigenvalue weighted by Gasteiger charge is 2.27. The molecule has 0 aromatic carbocycles. The molecule has 2 saturated carbocycles. The predicted molar refractivity (Wildman–Crippen MR) is 194 cm³/mol. The minimum absolute atomic E-state index is 0.194. The molecule has 8 nitrogen and oxygen atoms in total. The van der Waals surface area contributed by atoms with E-state index in [-0.39, 0.29) is 17.0 Å². The maximum absolute atomic E-state index is 11.0. The van der Waals surface area contributed by atoms with Crippen LogP contribution < -0.4 is 0 Å². The van der Waals surface area contributed by atoms with Gasteiger partial charge in [0.15, 0.2) is 0 Å². The summed E-state index contributed by atoms with van der Waals surface area (Å²) in [7, 11) is 7.36. The Morgan fingerprint density at radius 3 is 1.40 bits per heavy atom. The average Bonchev–Trinajstić information content (AvgIpc) is 3.63. The summed E-state index contributed by atoms with van der Waals surface area (Å²) in [5, 5.41) is 18.6. The Labute approximate surface area is 306 Å². The molecule has 266 valence electrons. The topological polar surface area (TPSA) is 107 Å². The van der Waals surface area contributed by atoms with Gasteiger partial charge >= 0.3 is 5.97 Å². The van der Waals surface area contributed by atoms with Gasteiger partial charge in [-0.25, -0.2) is 4.21 Å². The Morgan fingerprint density at radius 1 is 0.681 bits per heavy atom. The predicted octanol–water partition coefficient (Wildman–Crippen LogP) is 9.71. The van der Waals surface area contributed by atoms with Gasteiger partial charge in [0.25, 0.3) is 0 Å². The fraction of sp³-hybridized carbons (Fsp3) is 0.758. The standard InChI is InChI=1S/C16H23ClN2O.C16H24N2O2.CH2Cl2.Cl2OS/c17-16(20)11-10-14-13-8-4-5-9-15(13)19(18-14)12-6-2-1-3-7-12;19-16(20)11-10-14-13-8-4-5-9-15(13)18(17-14)12-6-2-1-3-7-12;2-1-3;1-4(2)3/h12H,1-11H2;12H,1-11H2,(H,19,20);1H2;. The second kappa shape index (κ2) is 22.1. The van der Waals surface area contributed by atoms with Gasteiger partial charge in [0.2, 0.25) is 14.5 Å². The molecule has 4 aliphatic carbocycles. The van der Waals surface area contributed by atoms with Crippen molar-refractivity contribution >= 4 is 76.6 Å². The van der Waals surface area contributed by atoms with Gasteiger partial charge in [-0.1, -0.05) is 38.5 Å². The first-order valence-corrected chi connectivity index (χ1v) is 21.4. The van der Waals surface area contributed by atoms with Crippen LogP contribution in [0.25, 0.3) is 0 Å². The smallest absolute Gasteiger partial charge is 0.303 e. The zero-order valence-electron chi connectivity index (χ0n) is 27.2. The first kappa shape index (κ1) is 40.6. The Balaban J connectivity index is 0.000000214. The molecule has 6 rings (SSSR count). The van der Waals surface area contributed by atoms with Crippen LogP contribution in [-0.4, -0.2) is 45.4 Å². The average molecular weight is 775 g/mol. The van der Waals surface area contributed by atoms with E-state index in [1.54, 1.807) is 0 Å². The van der Waals surface area contributed by atoms with Crippen LogP contribution in [0.5, 0.6) is 0 Å². The number of halogens is 5. The van der Waals surface area contributed by atoms with Crippen LogP contribution in [0.15, 0.2) is 0 Å². The van der Waals surface area contributed by atoms with Crippen molar-refractivity contribution in [1.29, 1.82) is 0 Å².